The standard InChI is InChI=1S/C35H23N3OS2/c1-18(25-14-27(21(16-36)17-37)39-35(25,3)4)19(2)28-15-29-33(40-28)31-24-10-7-8-20-12-13-23-22-9-5-6-11-26(22)38(34(31)41-29)32(23)30(20)24/h5-15H,1-4H3/b19-18+. The van der Waals surface area contributed by atoms with Gasteiger partial charge in [-0.2, -0.15) is 10.5 Å². The molecule has 6 heteroatoms. The monoisotopic (exact) mass is 565 g/mol. The molecule has 0 N–H and O–H groups in total. The van der Waals surface area contributed by atoms with Crippen LogP contribution in [-0.2, 0) is 4.74 Å². The van der Waals surface area contributed by atoms with Gasteiger partial charge in [0.15, 0.2) is 5.57 Å². The van der Waals surface area contributed by atoms with E-state index in [0.717, 1.165) is 11.1 Å². The van der Waals surface area contributed by atoms with Crippen molar-refractivity contribution in [3.05, 3.63) is 94.1 Å². The number of thiophene rings is 2. The third-order valence-corrected chi connectivity index (χ3v) is 11.1. The second-order valence-corrected chi connectivity index (χ2v) is 13.3. The normalized spacial score (nSPS) is 15.7. The van der Waals surface area contributed by atoms with Gasteiger partial charge < -0.3 is 4.74 Å². The highest BCUT2D eigenvalue weighted by molar-refractivity contribution is 7.33. The van der Waals surface area contributed by atoms with Gasteiger partial charge in [0, 0.05) is 36.7 Å². The van der Waals surface area contributed by atoms with Crippen molar-refractivity contribution >= 4 is 85.8 Å². The van der Waals surface area contributed by atoms with Crippen molar-refractivity contribution in [1.82, 2.24) is 4.40 Å². The number of fused-ring (bicyclic) bond motifs is 8. The number of ether oxygens (including phenoxy) is 1. The molecule has 0 saturated carbocycles. The zero-order valence-electron chi connectivity index (χ0n) is 22.9. The van der Waals surface area contributed by atoms with E-state index in [9.17, 15) is 10.5 Å². The molecule has 0 saturated heterocycles. The molecular weight excluding hydrogens is 543 g/mol. The Hall–Kier alpha value is -4.62. The minimum atomic E-state index is -0.631. The minimum Gasteiger partial charge on any atom is -0.481 e. The van der Waals surface area contributed by atoms with Gasteiger partial charge in [0.1, 0.15) is 28.3 Å². The lowest BCUT2D eigenvalue weighted by Gasteiger charge is -2.24. The van der Waals surface area contributed by atoms with E-state index in [1.165, 1.54) is 68.0 Å². The van der Waals surface area contributed by atoms with E-state index in [2.05, 4.69) is 78.9 Å². The van der Waals surface area contributed by atoms with Gasteiger partial charge in [0.2, 0.25) is 0 Å². The van der Waals surface area contributed by atoms with Crippen molar-refractivity contribution in [3.63, 3.8) is 0 Å². The molecule has 0 amide bonds. The van der Waals surface area contributed by atoms with E-state index < -0.39 is 5.60 Å². The van der Waals surface area contributed by atoms with Crippen molar-refractivity contribution < 1.29 is 4.74 Å². The maximum Gasteiger partial charge on any atom is 0.171 e. The third-order valence-electron chi connectivity index (χ3n) is 8.59. The molecule has 8 rings (SSSR count). The van der Waals surface area contributed by atoms with Crippen LogP contribution in [0.25, 0.3) is 63.2 Å². The Morgan fingerprint density at radius 1 is 0.854 bits per heavy atom. The fraction of sp³-hybridized carbons (Fsp3) is 0.143. The van der Waals surface area contributed by atoms with Gasteiger partial charge in [-0.25, -0.2) is 0 Å². The smallest absolute Gasteiger partial charge is 0.171 e. The molecule has 5 heterocycles. The van der Waals surface area contributed by atoms with Gasteiger partial charge in [-0.3, -0.25) is 4.40 Å². The van der Waals surface area contributed by atoms with Crippen LogP contribution in [0.5, 0.6) is 0 Å². The average Bonchev–Trinajstić information content (AvgIpc) is 3.71. The zero-order valence-corrected chi connectivity index (χ0v) is 24.6. The number of nitriles is 2. The van der Waals surface area contributed by atoms with E-state index in [1.807, 2.05) is 54.7 Å². The van der Waals surface area contributed by atoms with Crippen LogP contribution in [0.3, 0.4) is 0 Å². The molecular formula is C35H23N3OS2. The number of aromatic nitrogens is 1. The second kappa shape index (κ2) is 8.21. The number of nitrogens with zero attached hydrogens (tertiary/aromatic N) is 3. The molecule has 4 nitrogen and oxygen atoms in total. The summed E-state index contributed by atoms with van der Waals surface area (Å²) >= 11 is 3.71. The lowest BCUT2D eigenvalue weighted by molar-refractivity contribution is 0.0949. The number of hydrogen-bond acceptors (Lipinski definition) is 5. The lowest BCUT2D eigenvalue weighted by atomic mass is 9.90. The Morgan fingerprint density at radius 2 is 1.63 bits per heavy atom. The minimum absolute atomic E-state index is 0.00268. The highest BCUT2D eigenvalue weighted by Gasteiger charge is 2.35. The quantitative estimate of drug-likeness (QED) is 0.196. The van der Waals surface area contributed by atoms with Crippen LogP contribution in [0.1, 0.15) is 32.6 Å². The maximum absolute atomic E-state index is 9.38. The largest absolute Gasteiger partial charge is 0.481 e. The SMILES string of the molecule is C/C(C1=CC(=C(C#N)C#N)OC1(C)C)=C(/C)c1cc2sc3c(c4cccc5ccc6c7ccccc7n3c6c54)c2s1. The Kier molecular flexibility index (Phi) is 4.84. The zero-order chi connectivity index (χ0) is 28.2. The molecule has 196 valence electrons. The van der Waals surface area contributed by atoms with Gasteiger partial charge in [-0.1, -0.05) is 48.5 Å². The number of hydrogen-bond donors (Lipinski definition) is 0. The first kappa shape index (κ1) is 24.2. The Labute approximate surface area is 244 Å². The summed E-state index contributed by atoms with van der Waals surface area (Å²) in [7, 11) is 0. The predicted molar refractivity (Wildman–Crippen MR) is 172 cm³/mol. The summed E-state index contributed by atoms with van der Waals surface area (Å²) in [5, 5.41) is 26.6. The van der Waals surface area contributed by atoms with Crippen LogP contribution in [0.15, 0.2) is 89.2 Å². The first-order chi connectivity index (χ1) is 19.8. The molecule has 4 aromatic heterocycles. The van der Waals surface area contributed by atoms with Gasteiger partial charge in [-0.05, 0) is 67.8 Å². The van der Waals surface area contributed by atoms with Crippen LogP contribution in [-0.4, -0.2) is 10.0 Å². The average molecular weight is 566 g/mol. The first-order valence-electron chi connectivity index (χ1n) is 13.5. The summed E-state index contributed by atoms with van der Waals surface area (Å²) in [5.74, 6) is 0.348. The molecule has 0 radical (unpaired) electrons. The van der Waals surface area contributed by atoms with Crippen LogP contribution in [0.4, 0.5) is 0 Å². The lowest BCUT2D eigenvalue weighted by Crippen LogP contribution is -2.22. The number of benzene rings is 3. The molecule has 1 aliphatic heterocycles. The van der Waals surface area contributed by atoms with Crippen molar-refractivity contribution in [2.24, 2.45) is 0 Å². The summed E-state index contributed by atoms with van der Waals surface area (Å²) in [5.41, 5.74) is 5.20. The van der Waals surface area contributed by atoms with Crippen molar-refractivity contribution in [2.75, 3.05) is 0 Å². The molecule has 0 fully saturated rings. The van der Waals surface area contributed by atoms with Gasteiger partial charge in [0.05, 0.1) is 15.7 Å². The van der Waals surface area contributed by atoms with E-state index in [4.69, 9.17) is 4.74 Å². The molecule has 41 heavy (non-hydrogen) atoms. The van der Waals surface area contributed by atoms with E-state index in [-0.39, 0.29) is 5.57 Å². The second-order valence-electron chi connectivity index (χ2n) is 11.2. The van der Waals surface area contributed by atoms with Crippen LogP contribution in [0.2, 0.25) is 0 Å². The highest BCUT2D eigenvalue weighted by Crippen LogP contribution is 2.49. The molecule has 7 aromatic rings. The number of pyridine rings is 1. The van der Waals surface area contributed by atoms with Crippen LogP contribution < -0.4 is 0 Å². The molecule has 0 bridgehead atoms. The molecule has 0 atom stereocenters. The predicted octanol–water partition coefficient (Wildman–Crippen LogP) is 10.1. The third kappa shape index (κ3) is 3.12. The fourth-order valence-corrected chi connectivity index (χ4v) is 9.31. The van der Waals surface area contributed by atoms with E-state index >= 15 is 0 Å². The summed E-state index contributed by atoms with van der Waals surface area (Å²) in [6.07, 6.45) is 1.86. The summed E-state index contributed by atoms with van der Waals surface area (Å²) < 4.78 is 11.1. The molecule has 0 spiro atoms. The van der Waals surface area contributed by atoms with Crippen LogP contribution in [0, 0.1) is 22.7 Å². The molecule has 0 unspecified atom stereocenters. The van der Waals surface area contributed by atoms with Crippen molar-refractivity contribution in [2.45, 2.75) is 33.3 Å². The van der Waals surface area contributed by atoms with E-state index in [0.29, 0.717) is 5.76 Å². The topological polar surface area (TPSA) is 61.2 Å². The summed E-state index contributed by atoms with van der Waals surface area (Å²) in [4.78, 5) is 2.51. The van der Waals surface area contributed by atoms with Crippen LogP contribution >= 0.6 is 22.7 Å². The van der Waals surface area contributed by atoms with Gasteiger partial charge >= 0.3 is 0 Å². The Morgan fingerprint density at radius 3 is 2.44 bits per heavy atom. The highest BCUT2D eigenvalue weighted by atomic mass is 32.1. The maximum atomic E-state index is 9.38. The summed E-state index contributed by atoms with van der Waals surface area (Å²) in [6, 6.07) is 26.2. The Bertz CT molecular complexity index is 2450. The van der Waals surface area contributed by atoms with Crippen molar-refractivity contribution in [1.29, 1.82) is 10.5 Å². The number of rotatable bonds is 2. The Balaban J connectivity index is 1.41. The molecule has 1 aliphatic rings. The number of para-hydroxylation sites is 1. The number of allylic oxidation sites excluding steroid dienone is 3. The van der Waals surface area contributed by atoms with Crippen molar-refractivity contribution in [3.8, 4) is 12.1 Å². The van der Waals surface area contributed by atoms with Gasteiger partial charge in [0.25, 0.3) is 0 Å². The molecule has 0 aliphatic carbocycles. The first-order valence-corrected chi connectivity index (χ1v) is 15.1. The van der Waals surface area contributed by atoms with E-state index in [1.54, 1.807) is 0 Å². The van der Waals surface area contributed by atoms with Gasteiger partial charge in [-0.15, -0.1) is 22.7 Å². The molecule has 3 aromatic carbocycles. The fourth-order valence-electron chi connectivity index (χ4n) is 6.57. The summed E-state index contributed by atoms with van der Waals surface area (Å²) in [6.45, 7) is 8.23.